The van der Waals surface area contributed by atoms with Crippen molar-refractivity contribution in [3.05, 3.63) is 36.6 Å². The van der Waals surface area contributed by atoms with Gasteiger partial charge in [0.1, 0.15) is 0 Å². The van der Waals surface area contributed by atoms with Crippen LogP contribution in [0.15, 0.2) is 35.2 Å². The molecule has 50 valence electrons. The number of hydrogen-bond acceptors (Lipinski definition) is 1. The molecule has 0 nitrogen and oxygen atoms in total. The van der Waals surface area contributed by atoms with E-state index in [0.29, 0.717) is 0 Å². The quantitative estimate of drug-likeness (QED) is 0.400. The van der Waals surface area contributed by atoms with Crippen molar-refractivity contribution in [2.75, 3.05) is 0 Å². The van der Waals surface area contributed by atoms with E-state index in [-0.39, 0.29) is 0 Å². The van der Waals surface area contributed by atoms with E-state index in [4.69, 9.17) is 9.69 Å². The van der Waals surface area contributed by atoms with Crippen molar-refractivity contribution in [1.82, 2.24) is 0 Å². The van der Waals surface area contributed by atoms with Crippen LogP contribution in [0.5, 0.6) is 0 Å². The van der Waals surface area contributed by atoms with Gasteiger partial charge in [0.05, 0.1) is 0 Å². The first-order valence-electron chi connectivity index (χ1n) is 2.67. The van der Waals surface area contributed by atoms with Crippen molar-refractivity contribution in [1.29, 1.82) is 0 Å². The van der Waals surface area contributed by atoms with Gasteiger partial charge in [-0.15, -0.1) is 0 Å². The molecule has 0 radical (unpaired) electrons. The van der Waals surface area contributed by atoms with E-state index in [1.807, 2.05) is 30.3 Å². The zero-order valence-electron chi connectivity index (χ0n) is 5.59. The number of rotatable bonds is 1. The van der Waals surface area contributed by atoms with Crippen molar-refractivity contribution in [3.63, 3.8) is 0 Å². The standard InChI is InChI=1S/C7H7S.ClH.Zn/c1-8-7-5-3-2-4-6-7;;/h2-6H,1H2;1H;/q-1;;+2/p-1. The normalized spacial score (nSPS) is 8.00. The number of thioether (sulfide) groups is 1. The summed E-state index contributed by atoms with van der Waals surface area (Å²) in [5.41, 5.74) is 0. The van der Waals surface area contributed by atoms with Gasteiger partial charge in [-0.05, 0) is 4.90 Å². The molecule has 0 fully saturated rings. The van der Waals surface area contributed by atoms with Crippen LogP contribution < -0.4 is 0 Å². The molecule has 0 heterocycles. The van der Waals surface area contributed by atoms with Gasteiger partial charge in [0.2, 0.25) is 0 Å². The molecule has 1 aromatic rings. The molecule has 0 spiro atoms. The molecule has 10 heavy (non-hydrogen) atoms. The van der Waals surface area contributed by atoms with E-state index in [0.717, 1.165) is 17.3 Å². The van der Waals surface area contributed by atoms with Crippen molar-refractivity contribution < 1.29 is 17.3 Å². The van der Waals surface area contributed by atoms with E-state index in [1.54, 1.807) is 0 Å². The second kappa shape index (κ2) is 7.59. The average Bonchev–Trinajstić information content (AvgIpc) is 2.10. The summed E-state index contributed by atoms with van der Waals surface area (Å²) >= 11 is 2.37. The van der Waals surface area contributed by atoms with Gasteiger partial charge in [-0.3, -0.25) is 6.26 Å². The molecule has 0 saturated heterocycles. The van der Waals surface area contributed by atoms with E-state index in [2.05, 4.69) is 6.26 Å². The Hall–Kier alpha value is 0.483. The summed E-state index contributed by atoms with van der Waals surface area (Å²) in [6, 6.07) is 10.1. The molecule has 0 aliphatic carbocycles. The fourth-order valence-electron chi connectivity index (χ4n) is 0.517. The van der Waals surface area contributed by atoms with Gasteiger partial charge >= 0.3 is 27.0 Å². The molecule has 3 heteroatoms. The van der Waals surface area contributed by atoms with E-state index < -0.39 is 0 Å². The van der Waals surface area contributed by atoms with E-state index in [1.165, 1.54) is 16.7 Å². The Morgan fingerprint density at radius 2 is 1.70 bits per heavy atom. The second-order valence-corrected chi connectivity index (χ2v) is 2.22. The van der Waals surface area contributed by atoms with Crippen LogP contribution in [0, 0.1) is 6.26 Å². The molecular weight excluding hydrogens is 217 g/mol. The summed E-state index contributed by atoms with van der Waals surface area (Å²) in [7, 11) is 4.76. The van der Waals surface area contributed by atoms with Gasteiger partial charge in [0.25, 0.3) is 0 Å². The van der Waals surface area contributed by atoms with Crippen molar-refractivity contribution in [3.8, 4) is 0 Å². The molecule has 0 bridgehead atoms. The van der Waals surface area contributed by atoms with Crippen molar-refractivity contribution >= 4 is 21.5 Å². The van der Waals surface area contributed by atoms with Crippen molar-refractivity contribution in [2.45, 2.75) is 4.90 Å². The number of halogens is 1. The van der Waals surface area contributed by atoms with Crippen LogP contribution in [0.1, 0.15) is 0 Å². The molecule has 0 N–H and O–H groups in total. The SMILES string of the molecule is [CH2-]Sc1ccccc1.[Cl][Zn+]. The van der Waals surface area contributed by atoms with Crippen LogP contribution in [0.2, 0.25) is 0 Å². The summed E-state index contributed by atoms with van der Waals surface area (Å²) in [6.07, 6.45) is 3.67. The van der Waals surface area contributed by atoms with Crippen LogP contribution in [0.25, 0.3) is 0 Å². The zero-order valence-corrected chi connectivity index (χ0v) is 10.1. The Morgan fingerprint density at radius 1 is 1.20 bits per heavy atom. The minimum atomic E-state index is 0.847. The second-order valence-electron chi connectivity index (χ2n) is 1.46. The van der Waals surface area contributed by atoms with E-state index >= 15 is 0 Å². The average molecular weight is 224 g/mol. The predicted molar refractivity (Wildman–Crippen MR) is 43.5 cm³/mol. The first-order valence-corrected chi connectivity index (χ1v) is 7.56. The van der Waals surface area contributed by atoms with Crippen LogP contribution in [-0.4, -0.2) is 0 Å². The summed E-state index contributed by atoms with van der Waals surface area (Å²) in [6.45, 7) is 0. The molecule has 0 aliphatic heterocycles. The topological polar surface area (TPSA) is 0 Å². The molecule has 1 rings (SSSR count). The maximum atomic E-state index is 4.76. The Kier molecular flexibility index (Phi) is 7.96. The van der Waals surface area contributed by atoms with Gasteiger partial charge in [-0.1, -0.05) is 30.3 Å². The summed E-state index contributed by atoms with van der Waals surface area (Å²) in [5.74, 6) is 0. The van der Waals surface area contributed by atoms with Crippen LogP contribution in [0.4, 0.5) is 0 Å². The van der Waals surface area contributed by atoms with Gasteiger partial charge in [0, 0.05) is 0 Å². The molecule has 0 atom stereocenters. The monoisotopic (exact) mass is 222 g/mol. The third-order valence-electron chi connectivity index (χ3n) is 0.910. The molecule has 0 unspecified atom stereocenters. The summed E-state index contributed by atoms with van der Waals surface area (Å²) in [5, 5.41) is 0. The first kappa shape index (κ1) is 10.5. The van der Waals surface area contributed by atoms with Crippen molar-refractivity contribution in [2.24, 2.45) is 0 Å². The number of hydrogen-bond donors (Lipinski definition) is 0. The van der Waals surface area contributed by atoms with Crippen LogP contribution in [-0.2, 0) is 17.3 Å². The molecule has 1 aromatic carbocycles. The Balaban J connectivity index is 0.000000371. The molecule has 0 aliphatic rings. The van der Waals surface area contributed by atoms with Crippen LogP contribution in [0.3, 0.4) is 0 Å². The zero-order chi connectivity index (χ0) is 7.82. The molecule has 0 saturated carbocycles. The van der Waals surface area contributed by atoms with Gasteiger partial charge in [-0.25, -0.2) is 0 Å². The Bertz CT molecular complexity index is 155. The predicted octanol–water partition coefficient (Wildman–Crippen LogP) is 3.26. The van der Waals surface area contributed by atoms with Crippen LogP contribution >= 0.6 is 21.5 Å². The number of benzene rings is 1. The van der Waals surface area contributed by atoms with Gasteiger partial charge in [-0.2, -0.15) is 0 Å². The molecular formula is C7H7ClSZn. The third kappa shape index (κ3) is 4.32. The summed E-state index contributed by atoms with van der Waals surface area (Å²) < 4.78 is 0. The first-order chi connectivity index (χ1) is 4.93. The summed E-state index contributed by atoms with van der Waals surface area (Å²) in [4.78, 5) is 1.22. The Labute approximate surface area is 80.1 Å². The Morgan fingerprint density at radius 3 is 2.00 bits per heavy atom. The molecule has 0 aromatic heterocycles. The maximum absolute atomic E-state index is 4.76. The molecule has 0 amide bonds. The van der Waals surface area contributed by atoms with E-state index in [9.17, 15) is 0 Å². The van der Waals surface area contributed by atoms with Gasteiger partial charge < -0.3 is 11.8 Å². The fraction of sp³-hybridized carbons (Fsp3) is 0. The fourth-order valence-corrected chi connectivity index (χ4v) is 0.866. The third-order valence-corrected chi connectivity index (χ3v) is 1.52. The van der Waals surface area contributed by atoms with Gasteiger partial charge in [0.15, 0.2) is 0 Å². The minimum absolute atomic E-state index is 0.847.